The summed E-state index contributed by atoms with van der Waals surface area (Å²) in [6.45, 7) is 1.95. The van der Waals surface area contributed by atoms with Crippen LogP contribution in [-0.2, 0) is 9.47 Å². The number of hydrogen-bond donors (Lipinski definition) is 0. The number of halogens is 1. The molecule has 2 saturated heterocycles. The Morgan fingerprint density at radius 2 is 1.95 bits per heavy atom. The van der Waals surface area contributed by atoms with Gasteiger partial charge in [-0.2, -0.15) is 0 Å². The number of carbonyl (C=O) groups is 1. The molecular weight excluding hydrogens is 278 g/mol. The van der Waals surface area contributed by atoms with Crippen molar-refractivity contribution in [1.82, 2.24) is 4.90 Å². The van der Waals surface area contributed by atoms with Gasteiger partial charge >= 0.3 is 0 Å². The summed E-state index contributed by atoms with van der Waals surface area (Å²) in [5.41, 5.74) is 0.555. The minimum absolute atomic E-state index is 0.00461. The fourth-order valence-electron chi connectivity index (χ4n) is 2.88. The van der Waals surface area contributed by atoms with Gasteiger partial charge in [0.1, 0.15) is 0 Å². The Morgan fingerprint density at radius 3 is 2.70 bits per heavy atom. The lowest BCUT2D eigenvalue weighted by molar-refractivity contribution is -0.100. The molecule has 0 unspecified atom stereocenters. The molecule has 1 aromatic carbocycles. The Balaban J connectivity index is 1.82. The number of rotatable bonds is 2. The van der Waals surface area contributed by atoms with Gasteiger partial charge < -0.3 is 14.4 Å². The largest absolute Gasteiger partial charge is 0.348 e. The number of hydrogen-bond acceptors (Lipinski definition) is 3. The maximum atomic E-state index is 12.7. The van der Waals surface area contributed by atoms with E-state index in [9.17, 15) is 4.79 Å². The molecule has 0 N–H and O–H groups in total. The highest BCUT2D eigenvalue weighted by molar-refractivity contribution is 6.33. The Hall–Kier alpha value is -1.10. The molecule has 0 aliphatic carbocycles. The quantitative estimate of drug-likeness (QED) is 0.842. The van der Waals surface area contributed by atoms with Crippen molar-refractivity contribution >= 4 is 17.5 Å². The SMILES string of the molecule is O=C(c1ccccc1Cl)N1CCCC[C@@H]1C1OCCO1. The molecule has 5 heteroatoms. The summed E-state index contributed by atoms with van der Waals surface area (Å²) in [7, 11) is 0. The van der Waals surface area contributed by atoms with Crippen LogP contribution in [0.25, 0.3) is 0 Å². The van der Waals surface area contributed by atoms with Crippen LogP contribution in [0, 0.1) is 0 Å². The van der Waals surface area contributed by atoms with Crippen LogP contribution < -0.4 is 0 Å². The average molecular weight is 296 g/mol. The second-order valence-electron chi connectivity index (χ2n) is 5.15. The maximum Gasteiger partial charge on any atom is 0.255 e. The van der Waals surface area contributed by atoms with Gasteiger partial charge in [0.15, 0.2) is 6.29 Å². The molecule has 3 rings (SSSR count). The number of benzene rings is 1. The highest BCUT2D eigenvalue weighted by Crippen LogP contribution is 2.27. The molecule has 0 spiro atoms. The number of carbonyl (C=O) groups excluding carboxylic acids is 1. The van der Waals surface area contributed by atoms with Crippen LogP contribution in [0.1, 0.15) is 29.6 Å². The molecule has 0 radical (unpaired) electrons. The summed E-state index contributed by atoms with van der Waals surface area (Å²) >= 11 is 6.14. The van der Waals surface area contributed by atoms with Gasteiger partial charge in [-0.1, -0.05) is 23.7 Å². The lowest BCUT2D eigenvalue weighted by atomic mass is 10.00. The van der Waals surface area contributed by atoms with Crippen molar-refractivity contribution < 1.29 is 14.3 Å². The third-order valence-electron chi connectivity index (χ3n) is 3.88. The second-order valence-corrected chi connectivity index (χ2v) is 5.56. The van der Waals surface area contributed by atoms with Crippen molar-refractivity contribution in [2.75, 3.05) is 19.8 Å². The fourth-order valence-corrected chi connectivity index (χ4v) is 3.10. The Bertz CT molecular complexity index is 488. The molecule has 2 heterocycles. The molecule has 20 heavy (non-hydrogen) atoms. The molecular formula is C15H18ClNO3. The van der Waals surface area contributed by atoms with Gasteiger partial charge in [0, 0.05) is 6.54 Å². The lowest BCUT2D eigenvalue weighted by Crippen LogP contribution is -2.50. The predicted octanol–water partition coefficient (Wildman–Crippen LogP) is 2.71. The van der Waals surface area contributed by atoms with E-state index in [0.717, 1.165) is 25.8 Å². The molecule has 2 aliphatic heterocycles. The van der Waals surface area contributed by atoms with Crippen LogP contribution in [0.2, 0.25) is 5.02 Å². The van der Waals surface area contributed by atoms with Crippen LogP contribution in [-0.4, -0.2) is 42.9 Å². The van der Waals surface area contributed by atoms with Crippen molar-refractivity contribution in [1.29, 1.82) is 0 Å². The zero-order valence-corrected chi connectivity index (χ0v) is 12.0. The third kappa shape index (κ3) is 2.68. The van der Waals surface area contributed by atoms with Crippen LogP contribution in [0.5, 0.6) is 0 Å². The Labute approximate surface area is 123 Å². The number of piperidine rings is 1. The topological polar surface area (TPSA) is 38.8 Å². The van der Waals surface area contributed by atoms with Gasteiger partial charge in [-0.15, -0.1) is 0 Å². The molecule has 1 atom stereocenters. The Morgan fingerprint density at radius 1 is 1.20 bits per heavy atom. The van der Waals surface area contributed by atoms with Crippen molar-refractivity contribution in [3.8, 4) is 0 Å². The van der Waals surface area contributed by atoms with Crippen LogP contribution in [0.3, 0.4) is 0 Å². The molecule has 0 saturated carbocycles. The molecule has 0 aromatic heterocycles. The van der Waals surface area contributed by atoms with Crippen LogP contribution in [0.4, 0.5) is 0 Å². The predicted molar refractivity (Wildman–Crippen MR) is 75.8 cm³/mol. The van der Waals surface area contributed by atoms with Gasteiger partial charge in [-0.25, -0.2) is 0 Å². The van der Waals surface area contributed by atoms with Crippen molar-refractivity contribution in [2.24, 2.45) is 0 Å². The second kappa shape index (κ2) is 6.12. The Kier molecular flexibility index (Phi) is 4.24. The van der Waals surface area contributed by atoms with Gasteiger partial charge in [-0.05, 0) is 31.4 Å². The lowest BCUT2D eigenvalue weighted by Gasteiger charge is -2.38. The van der Waals surface area contributed by atoms with E-state index in [1.807, 2.05) is 17.0 Å². The highest BCUT2D eigenvalue weighted by atomic mass is 35.5. The van der Waals surface area contributed by atoms with E-state index >= 15 is 0 Å². The minimum Gasteiger partial charge on any atom is -0.348 e. The zero-order chi connectivity index (χ0) is 13.9. The maximum absolute atomic E-state index is 12.7. The molecule has 2 fully saturated rings. The van der Waals surface area contributed by atoms with E-state index in [0.29, 0.717) is 23.8 Å². The first-order valence-electron chi connectivity index (χ1n) is 7.06. The molecule has 1 amide bonds. The number of ether oxygens (including phenoxy) is 2. The summed E-state index contributed by atoms with van der Waals surface area (Å²) in [5, 5.41) is 0.495. The summed E-state index contributed by atoms with van der Waals surface area (Å²) in [4.78, 5) is 14.6. The van der Waals surface area contributed by atoms with E-state index in [2.05, 4.69) is 0 Å². The molecule has 1 aromatic rings. The van der Waals surface area contributed by atoms with E-state index < -0.39 is 0 Å². The number of nitrogens with zero attached hydrogens (tertiary/aromatic N) is 1. The standard InChI is InChI=1S/C15H18ClNO3/c16-12-6-2-1-5-11(12)14(18)17-8-4-3-7-13(17)15-19-9-10-20-15/h1-2,5-6,13,15H,3-4,7-10H2/t13-/m1/s1. The van der Waals surface area contributed by atoms with Crippen LogP contribution in [0.15, 0.2) is 24.3 Å². The van der Waals surface area contributed by atoms with Crippen LogP contribution >= 0.6 is 11.6 Å². The first-order valence-corrected chi connectivity index (χ1v) is 7.44. The molecule has 2 aliphatic rings. The first kappa shape index (κ1) is 13.9. The van der Waals surface area contributed by atoms with Gasteiger partial charge in [-0.3, -0.25) is 4.79 Å². The number of amides is 1. The number of likely N-dealkylation sites (tertiary alicyclic amines) is 1. The van der Waals surface area contributed by atoms with Gasteiger partial charge in [0.05, 0.1) is 29.8 Å². The molecule has 0 bridgehead atoms. The van der Waals surface area contributed by atoms with E-state index in [4.69, 9.17) is 21.1 Å². The van der Waals surface area contributed by atoms with Gasteiger partial charge in [0.2, 0.25) is 0 Å². The highest BCUT2D eigenvalue weighted by Gasteiger charge is 2.36. The first-order chi connectivity index (χ1) is 9.77. The van der Waals surface area contributed by atoms with E-state index in [-0.39, 0.29) is 18.2 Å². The van der Waals surface area contributed by atoms with Crippen molar-refractivity contribution in [3.05, 3.63) is 34.9 Å². The van der Waals surface area contributed by atoms with Crippen molar-refractivity contribution in [2.45, 2.75) is 31.6 Å². The summed E-state index contributed by atoms with van der Waals surface area (Å²) in [6.07, 6.45) is 2.74. The normalized spacial score (nSPS) is 24.1. The minimum atomic E-state index is -0.290. The molecule has 4 nitrogen and oxygen atoms in total. The van der Waals surface area contributed by atoms with Gasteiger partial charge in [0.25, 0.3) is 5.91 Å². The summed E-state index contributed by atoms with van der Waals surface area (Å²) in [6, 6.07) is 7.18. The zero-order valence-electron chi connectivity index (χ0n) is 11.3. The fraction of sp³-hybridized carbons (Fsp3) is 0.533. The van der Waals surface area contributed by atoms with E-state index in [1.165, 1.54) is 0 Å². The summed E-state index contributed by atoms with van der Waals surface area (Å²) in [5.74, 6) is -0.0283. The third-order valence-corrected chi connectivity index (χ3v) is 4.21. The van der Waals surface area contributed by atoms with E-state index in [1.54, 1.807) is 12.1 Å². The summed E-state index contributed by atoms with van der Waals surface area (Å²) < 4.78 is 11.2. The molecule has 108 valence electrons. The van der Waals surface area contributed by atoms with Crippen molar-refractivity contribution in [3.63, 3.8) is 0 Å². The smallest absolute Gasteiger partial charge is 0.255 e. The monoisotopic (exact) mass is 295 g/mol. The average Bonchev–Trinajstić information content (AvgIpc) is 3.01.